The van der Waals surface area contributed by atoms with Crippen molar-refractivity contribution in [3.05, 3.63) is 32.8 Å². The average molecular weight is 298 g/mol. The van der Waals surface area contributed by atoms with Gasteiger partial charge in [0.05, 0.1) is 9.95 Å². The zero-order valence-corrected chi connectivity index (χ0v) is 11.1. The number of nitro groups is 1. The van der Waals surface area contributed by atoms with Gasteiger partial charge in [0.25, 0.3) is 14.7 Å². The molecule has 0 fully saturated rings. The molecule has 0 spiro atoms. The lowest BCUT2D eigenvalue weighted by Crippen LogP contribution is -2.00. The molecule has 0 saturated heterocycles. The third-order valence-electron chi connectivity index (χ3n) is 2.11. The van der Waals surface area contributed by atoms with Crippen molar-refractivity contribution in [2.45, 2.75) is 24.7 Å². The Morgan fingerprint density at radius 1 is 1.41 bits per heavy atom. The van der Waals surface area contributed by atoms with Crippen LogP contribution in [0.25, 0.3) is 0 Å². The Balaban J connectivity index is 3.51. The summed E-state index contributed by atoms with van der Waals surface area (Å²) < 4.78 is 22.3. The highest BCUT2D eigenvalue weighted by atomic mass is 35.7. The number of hydrogen-bond donors (Lipinski definition) is 0. The van der Waals surface area contributed by atoms with Crippen molar-refractivity contribution in [1.29, 1.82) is 0 Å². The fourth-order valence-corrected chi connectivity index (χ4v) is 2.95. The first-order chi connectivity index (χ1) is 7.77. The van der Waals surface area contributed by atoms with E-state index in [1.165, 1.54) is 6.07 Å². The van der Waals surface area contributed by atoms with Gasteiger partial charge < -0.3 is 0 Å². The molecule has 0 bridgehead atoms. The standard InChI is InChI=1S/C9H9Cl2NO4S/c1-2-3-6-4-7(10)9(17(11,15)16)5-8(6)12(13)14/h4-5H,2-3H2,1H3. The minimum Gasteiger partial charge on any atom is -0.258 e. The molecule has 0 aliphatic heterocycles. The lowest BCUT2D eigenvalue weighted by atomic mass is 10.1. The maximum atomic E-state index is 11.2. The number of benzene rings is 1. The fourth-order valence-electron chi connectivity index (χ4n) is 1.41. The van der Waals surface area contributed by atoms with Crippen LogP contribution in [0.15, 0.2) is 17.0 Å². The predicted molar refractivity (Wildman–Crippen MR) is 65.1 cm³/mol. The van der Waals surface area contributed by atoms with Crippen LogP contribution in [0.4, 0.5) is 5.69 Å². The van der Waals surface area contributed by atoms with Crippen LogP contribution in [0.1, 0.15) is 18.9 Å². The zero-order chi connectivity index (χ0) is 13.2. The molecule has 0 aromatic heterocycles. The van der Waals surface area contributed by atoms with E-state index in [9.17, 15) is 18.5 Å². The summed E-state index contributed by atoms with van der Waals surface area (Å²) in [6.07, 6.45) is 1.13. The predicted octanol–water partition coefficient (Wildman–Crippen LogP) is 3.13. The topological polar surface area (TPSA) is 77.3 Å². The van der Waals surface area contributed by atoms with Crippen LogP contribution < -0.4 is 0 Å². The summed E-state index contributed by atoms with van der Waals surface area (Å²) in [5.74, 6) is 0. The van der Waals surface area contributed by atoms with Gasteiger partial charge in [0.1, 0.15) is 4.90 Å². The van der Waals surface area contributed by atoms with Gasteiger partial charge in [-0.05, 0) is 12.5 Å². The maximum absolute atomic E-state index is 11.2. The van der Waals surface area contributed by atoms with Gasteiger partial charge in [0.2, 0.25) is 0 Å². The first-order valence-electron chi connectivity index (χ1n) is 4.68. The Bertz CT molecular complexity index is 556. The lowest BCUT2D eigenvalue weighted by molar-refractivity contribution is -0.385. The summed E-state index contributed by atoms with van der Waals surface area (Å²) in [4.78, 5) is 9.73. The Kier molecular flexibility index (Phi) is 4.35. The van der Waals surface area contributed by atoms with Gasteiger partial charge in [-0.15, -0.1) is 0 Å². The van der Waals surface area contributed by atoms with Crippen LogP contribution in [-0.4, -0.2) is 13.3 Å². The minimum absolute atomic E-state index is 0.103. The van der Waals surface area contributed by atoms with Gasteiger partial charge >= 0.3 is 0 Å². The Morgan fingerprint density at radius 3 is 2.41 bits per heavy atom. The van der Waals surface area contributed by atoms with Crippen molar-refractivity contribution in [1.82, 2.24) is 0 Å². The second kappa shape index (κ2) is 5.20. The summed E-state index contributed by atoms with van der Waals surface area (Å²) in [6, 6.07) is 2.17. The fraction of sp³-hybridized carbons (Fsp3) is 0.333. The molecule has 0 unspecified atom stereocenters. The van der Waals surface area contributed by atoms with E-state index in [2.05, 4.69) is 0 Å². The molecule has 0 aliphatic rings. The molecule has 5 nitrogen and oxygen atoms in total. The molecular formula is C9H9Cl2NO4S. The van der Waals surface area contributed by atoms with Gasteiger partial charge in [0, 0.05) is 22.3 Å². The van der Waals surface area contributed by atoms with Crippen LogP contribution in [0.3, 0.4) is 0 Å². The second-order valence-electron chi connectivity index (χ2n) is 3.36. The third-order valence-corrected chi connectivity index (χ3v) is 3.90. The first-order valence-corrected chi connectivity index (χ1v) is 7.37. The molecule has 1 rings (SSSR count). The Hall–Kier alpha value is -0.850. The minimum atomic E-state index is -4.09. The van der Waals surface area contributed by atoms with Crippen LogP contribution in [0.5, 0.6) is 0 Å². The van der Waals surface area contributed by atoms with E-state index in [1.54, 1.807) is 0 Å². The van der Waals surface area contributed by atoms with E-state index >= 15 is 0 Å². The SMILES string of the molecule is CCCc1cc(Cl)c(S(=O)(=O)Cl)cc1[N+](=O)[O-]. The maximum Gasteiger partial charge on any atom is 0.274 e. The van der Waals surface area contributed by atoms with E-state index in [0.717, 1.165) is 6.07 Å². The number of nitro benzene ring substituents is 1. The summed E-state index contributed by atoms with van der Waals surface area (Å²) in [5.41, 5.74) is 0.113. The molecule has 8 heteroatoms. The zero-order valence-electron chi connectivity index (χ0n) is 8.81. The molecule has 0 amide bonds. The third kappa shape index (κ3) is 3.31. The highest BCUT2D eigenvalue weighted by Crippen LogP contribution is 2.32. The van der Waals surface area contributed by atoms with Gasteiger partial charge in [-0.1, -0.05) is 24.9 Å². The van der Waals surface area contributed by atoms with Crippen LogP contribution in [0, 0.1) is 10.1 Å². The number of rotatable bonds is 4. The van der Waals surface area contributed by atoms with Crippen LogP contribution in [0.2, 0.25) is 5.02 Å². The van der Waals surface area contributed by atoms with Crippen molar-refractivity contribution in [2.24, 2.45) is 0 Å². The summed E-state index contributed by atoms with van der Waals surface area (Å²) in [5, 5.41) is 10.7. The van der Waals surface area contributed by atoms with Gasteiger partial charge in [-0.25, -0.2) is 8.42 Å². The molecule has 0 N–H and O–H groups in total. The number of aryl methyl sites for hydroxylation is 1. The van der Waals surface area contributed by atoms with Crippen molar-refractivity contribution >= 4 is 37.0 Å². The van der Waals surface area contributed by atoms with Crippen molar-refractivity contribution in [3.8, 4) is 0 Å². The molecule has 1 aromatic rings. The molecule has 94 valence electrons. The van der Waals surface area contributed by atoms with E-state index in [1.807, 2.05) is 6.92 Å². The normalized spacial score (nSPS) is 11.5. The molecule has 0 radical (unpaired) electrons. The van der Waals surface area contributed by atoms with Crippen LogP contribution in [-0.2, 0) is 15.5 Å². The molecule has 0 heterocycles. The number of halogens is 2. The first kappa shape index (κ1) is 14.2. The van der Waals surface area contributed by atoms with Crippen molar-refractivity contribution < 1.29 is 13.3 Å². The van der Waals surface area contributed by atoms with E-state index in [4.69, 9.17) is 22.3 Å². The quantitative estimate of drug-likeness (QED) is 0.486. The lowest BCUT2D eigenvalue weighted by Gasteiger charge is -2.05. The molecule has 0 aliphatic carbocycles. The smallest absolute Gasteiger partial charge is 0.258 e. The highest BCUT2D eigenvalue weighted by Gasteiger charge is 2.23. The molecule has 0 saturated carbocycles. The van der Waals surface area contributed by atoms with Crippen molar-refractivity contribution in [2.75, 3.05) is 0 Å². The van der Waals surface area contributed by atoms with Gasteiger partial charge in [-0.3, -0.25) is 10.1 Å². The average Bonchev–Trinajstić information content (AvgIpc) is 2.15. The van der Waals surface area contributed by atoms with E-state index in [-0.39, 0.29) is 10.7 Å². The molecular weight excluding hydrogens is 289 g/mol. The van der Waals surface area contributed by atoms with Gasteiger partial charge in [-0.2, -0.15) is 0 Å². The van der Waals surface area contributed by atoms with E-state index < -0.39 is 18.9 Å². The summed E-state index contributed by atoms with van der Waals surface area (Å²) in [7, 11) is 1.05. The Morgan fingerprint density at radius 2 is 2.00 bits per heavy atom. The monoisotopic (exact) mass is 297 g/mol. The largest absolute Gasteiger partial charge is 0.274 e. The summed E-state index contributed by atoms with van der Waals surface area (Å²) in [6.45, 7) is 1.85. The highest BCUT2D eigenvalue weighted by molar-refractivity contribution is 8.13. The molecule has 1 aromatic carbocycles. The van der Waals surface area contributed by atoms with Gasteiger partial charge in [0.15, 0.2) is 0 Å². The van der Waals surface area contributed by atoms with E-state index in [0.29, 0.717) is 18.4 Å². The Labute approximate surface area is 108 Å². The number of nitrogens with zero attached hydrogens (tertiary/aromatic N) is 1. The molecule has 17 heavy (non-hydrogen) atoms. The second-order valence-corrected chi connectivity index (χ2v) is 6.30. The molecule has 0 atom stereocenters. The summed E-state index contributed by atoms with van der Waals surface area (Å²) >= 11 is 5.74. The van der Waals surface area contributed by atoms with Crippen molar-refractivity contribution in [3.63, 3.8) is 0 Å². The number of hydrogen-bond acceptors (Lipinski definition) is 4. The van der Waals surface area contributed by atoms with Crippen LogP contribution >= 0.6 is 22.3 Å².